The van der Waals surface area contributed by atoms with Gasteiger partial charge in [-0.3, -0.25) is 4.68 Å². The first kappa shape index (κ1) is 9.71. The minimum atomic E-state index is -0.291. The van der Waals surface area contributed by atoms with E-state index in [0.29, 0.717) is 12.2 Å². The van der Waals surface area contributed by atoms with Crippen molar-refractivity contribution in [2.45, 2.75) is 6.92 Å². The van der Waals surface area contributed by atoms with Gasteiger partial charge >= 0.3 is 5.97 Å². The predicted molar refractivity (Wildman–Crippen MR) is 56.7 cm³/mol. The van der Waals surface area contributed by atoms with E-state index >= 15 is 0 Å². The summed E-state index contributed by atoms with van der Waals surface area (Å²) in [5.41, 5.74) is 1.49. The van der Waals surface area contributed by atoms with Crippen molar-refractivity contribution in [1.29, 1.82) is 0 Å². The second-order valence-corrected chi connectivity index (χ2v) is 3.26. The zero-order chi connectivity index (χ0) is 10.8. The molecule has 0 aliphatic carbocycles. The van der Waals surface area contributed by atoms with Gasteiger partial charge in [-0.2, -0.15) is 5.10 Å². The van der Waals surface area contributed by atoms with Crippen LogP contribution in [0.25, 0.3) is 10.9 Å². The molecule has 0 unspecified atom stereocenters. The quantitative estimate of drug-likeness (QED) is 0.700. The Balaban J connectivity index is 2.45. The minimum Gasteiger partial charge on any atom is -0.462 e. The lowest BCUT2D eigenvalue weighted by molar-refractivity contribution is 0.0526. The van der Waals surface area contributed by atoms with Crippen molar-refractivity contribution in [3.63, 3.8) is 0 Å². The van der Waals surface area contributed by atoms with Gasteiger partial charge in [-0.25, -0.2) is 4.79 Å². The smallest absolute Gasteiger partial charge is 0.338 e. The van der Waals surface area contributed by atoms with Gasteiger partial charge in [-0.15, -0.1) is 0 Å². The Morgan fingerprint density at radius 1 is 1.53 bits per heavy atom. The van der Waals surface area contributed by atoms with Crippen LogP contribution in [0.5, 0.6) is 0 Å². The average molecular weight is 204 g/mol. The van der Waals surface area contributed by atoms with E-state index in [4.69, 9.17) is 4.74 Å². The lowest BCUT2D eigenvalue weighted by atomic mass is 10.2. The van der Waals surface area contributed by atoms with Crippen LogP contribution in [0.2, 0.25) is 0 Å². The Hall–Kier alpha value is -1.84. The Labute approximate surface area is 87.5 Å². The highest BCUT2D eigenvalue weighted by Crippen LogP contribution is 2.15. The largest absolute Gasteiger partial charge is 0.462 e. The van der Waals surface area contributed by atoms with Crippen LogP contribution in [0.3, 0.4) is 0 Å². The van der Waals surface area contributed by atoms with E-state index in [1.807, 2.05) is 13.1 Å². The molecule has 0 saturated heterocycles. The summed E-state index contributed by atoms with van der Waals surface area (Å²) in [6, 6.07) is 5.41. The Bertz CT molecular complexity index is 502. The molecular formula is C11H12N2O2. The molecule has 4 heteroatoms. The molecule has 0 radical (unpaired) electrons. The molecule has 0 bridgehead atoms. The van der Waals surface area contributed by atoms with E-state index in [1.54, 1.807) is 29.9 Å². The third-order valence-electron chi connectivity index (χ3n) is 2.26. The molecule has 0 fully saturated rings. The molecule has 0 atom stereocenters. The van der Waals surface area contributed by atoms with Crippen molar-refractivity contribution < 1.29 is 9.53 Å². The standard InChI is InChI=1S/C11H12N2O2/c1-3-15-11(14)8-4-5-9-7-12-13(2)10(9)6-8/h4-7H,3H2,1-2H3. The fourth-order valence-electron chi connectivity index (χ4n) is 1.49. The summed E-state index contributed by atoms with van der Waals surface area (Å²) in [7, 11) is 1.84. The van der Waals surface area contributed by atoms with E-state index < -0.39 is 0 Å². The second-order valence-electron chi connectivity index (χ2n) is 3.26. The first-order valence-electron chi connectivity index (χ1n) is 4.81. The maximum atomic E-state index is 11.5. The molecule has 15 heavy (non-hydrogen) atoms. The van der Waals surface area contributed by atoms with Crippen molar-refractivity contribution >= 4 is 16.9 Å². The first-order valence-corrected chi connectivity index (χ1v) is 4.81. The zero-order valence-corrected chi connectivity index (χ0v) is 8.73. The Morgan fingerprint density at radius 3 is 3.07 bits per heavy atom. The van der Waals surface area contributed by atoms with E-state index in [-0.39, 0.29) is 5.97 Å². The summed E-state index contributed by atoms with van der Waals surface area (Å²) in [6.45, 7) is 2.18. The van der Waals surface area contributed by atoms with Crippen LogP contribution in [0.1, 0.15) is 17.3 Å². The monoisotopic (exact) mass is 204 g/mol. The van der Waals surface area contributed by atoms with E-state index in [0.717, 1.165) is 10.9 Å². The van der Waals surface area contributed by atoms with Crippen LogP contribution >= 0.6 is 0 Å². The fourth-order valence-corrected chi connectivity index (χ4v) is 1.49. The molecule has 0 saturated carbocycles. The van der Waals surface area contributed by atoms with Crippen LogP contribution in [-0.4, -0.2) is 22.4 Å². The van der Waals surface area contributed by atoms with Crippen LogP contribution in [-0.2, 0) is 11.8 Å². The number of ether oxygens (including phenoxy) is 1. The summed E-state index contributed by atoms with van der Waals surface area (Å²) >= 11 is 0. The van der Waals surface area contributed by atoms with Gasteiger partial charge in [0, 0.05) is 12.4 Å². The number of aryl methyl sites for hydroxylation is 1. The van der Waals surface area contributed by atoms with Gasteiger partial charge in [0.05, 0.1) is 23.9 Å². The summed E-state index contributed by atoms with van der Waals surface area (Å²) in [4.78, 5) is 11.5. The molecule has 0 aliphatic rings. The van der Waals surface area contributed by atoms with Gasteiger partial charge in [0.15, 0.2) is 0 Å². The minimum absolute atomic E-state index is 0.291. The van der Waals surface area contributed by atoms with E-state index in [1.165, 1.54) is 0 Å². The van der Waals surface area contributed by atoms with E-state index in [9.17, 15) is 4.79 Å². The van der Waals surface area contributed by atoms with Crippen molar-refractivity contribution in [3.05, 3.63) is 30.0 Å². The van der Waals surface area contributed by atoms with Gasteiger partial charge in [-0.05, 0) is 19.1 Å². The Kier molecular flexibility index (Phi) is 2.41. The lowest BCUT2D eigenvalue weighted by Crippen LogP contribution is -2.04. The van der Waals surface area contributed by atoms with Crippen LogP contribution in [0.15, 0.2) is 24.4 Å². The van der Waals surface area contributed by atoms with Gasteiger partial charge < -0.3 is 4.74 Å². The molecule has 1 aromatic carbocycles. The number of carbonyl (C=O) groups excluding carboxylic acids is 1. The molecule has 1 aromatic heterocycles. The van der Waals surface area contributed by atoms with Gasteiger partial charge in [0.25, 0.3) is 0 Å². The molecule has 0 N–H and O–H groups in total. The first-order chi connectivity index (χ1) is 7.22. The third kappa shape index (κ3) is 1.70. The van der Waals surface area contributed by atoms with E-state index in [2.05, 4.69) is 5.10 Å². The number of esters is 1. The van der Waals surface area contributed by atoms with Gasteiger partial charge in [0.1, 0.15) is 0 Å². The van der Waals surface area contributed by atoms with Crippen molar-refractivity contribution in [2.24, 2.45) is 7.05 Å². The third-order valence-corrected chi connectivity index (χ3v) is 2.26. The molecular weight excluding hydrogens is 192 g/mol. The van der Waals surface area contributed by atoms with Crippen molar-refractivity contribution in [1.82, 2.24) is 9.78 Å². The highest BCUT2D eigenvalue weighted by Gasteiger charge is 2.08. The summed E-state index contributed by atoms with van der Waals surface area (Å²) in [6.07, 6.45) is 1.77. The number of benzene rings is 1. The molecule has 4 nitrogen and oxygen atoms in total. The SMILES string of the molecule is CCOC(=O)c1ccc2cnn(C)c2c1. The number of rotatable bonds is 2. The lowest BCUT2D eigenvalue weighted by Gasteiger charge is -2.01. The zero-order valence-electron chi connectivity index (χ0n) is 8.73. The van der Waals surface area contributed by atoms with Crippen LogP contribution < -0.4 is 0 Å². The number of hydrogen-bond donors (Lipinski definition) is 0. The topological polar surface area (TPSA) is 44.1 Å². The number of carbonyl (C=O) groups is 1. The van der Waals surface area contributed by atoms with Crippen molar-refractivity contribution in [3.8, 4) is 0 Å². The maximum Gasteiger partial charge on any atom is 0.338 e. The highest BCUT2D eigenvalue weighted by molar-refractivity contribution is 5.94. The predicted octanol–water partition coefficient (Wildman–Crippen LogP) is 1.75. The molecule has 0 spiro atoms. The average Bonchev–Trinajstić information content (AvgIpc) is 2.60. The molecule has 2 rings (SSSR count). The maximum absolute atomic E-state index is 11.5. The normalized spacial score (nSPS) is 10.5. The number of nitrogens with zero attached hydrogens (tertiary/aromatic N) is 2. The van der Waals surface area contributed by atoms with Gasteiger partial charge in [-0.1, -0.05) is 6.07 Å². The summed E-state index contributed by atoms with van der Waals surface area (Å²) < 4.78 is 6.66. The molecule has 0 aliphatic heterocycles. The Morgan fingerprint density at radius 2 is 2.33 bits per heavy atom. The van der Waals surface area contributed by atoms with Gasteiger partial charge in [0.2, 0.25) is 0 Å². The second kappa shape index (κ2) is 3.73. The van der Waals surface area contributed by atoms with Crippen LogP contribution in [0.4, 0.5) is 0 Å². The molecule has 2 aromatic rings. The molecule has 0 amide bonds. The number of aromatic nitrogens is 2. The van der Waals surface area contributed by atoms with Crippen LogP contribution in [0, 0.1) is 0 Å². The number of fused-ring (bicyclic) bond motifs is 1. The summed E-state index contributed by atoms with van der Waals surface area (Å²) in [5, 5.41) is 5.13. The highest BCUT2D eigenvalue weighted by atomic mass is 16.5. The number of hydrogen-bond acceptors (Lipinski definition) is 3. The molecule has 1 heterocycles. The fraction of sp³-hybridized carbons (Fsp3) is 0.273. The van der Waals surface area contributed by atoms with Crippen molar-refractivity contribution in [2.75, 3.05) is 6.61 Å². The summed E-state index contributed by atoms with van der Waals surface area (Å²) in [5.74, 6) is -0.291. The molecule has 78 valence electrons.